The monoisotopic (exact) mass is 355 g/mol. The molecule has 0 fully saturated rings. The minimum absolute atomic E-state index is 0.0522. The Morgan fingerprint density at radius 3 is 2.42 bits per heavy atom. The molecule has 0 radical (unpaired) electrons. The Bertz CT molecular complexity index is 822. The first kappa shape index (κ1) is 18.4. The lowest BCUT2D eigenvalue weighted by Crippen LogP contribution is -2.28. The minimum Gasteiger partial charge on any atom is -0.434 e. The van der Waals surface area contributed by atoms with Gasteiger partial charge in [-0.15, -0.1) is 0 Å². The third-order valence-electron chi connectivity index (χ3n) is 3.57. The Balaban J connectivity index is 2.32. The smallest absolute Gasteiger partial charge is 0.387 e. The van der Waals surface area contributed by atoms with E-state index in [4.69, 9.17) is 0 Å². The summed E-state index contributed by atoms with van der Waals surface area (Å²) >= 11 is 0. The van der Waals surface area contributed by atoms with E-state index in [9.17, 15) is 17.2 Å². The molecule has 0 saturated carbocycles. The second kappa shape index (κ2) is 7.27. The van der Waals surface area contributed by atoms with E-state index < -0.39 is 22.7 Å². The van der Waals surface area contributed by atoms with Crippen molar-refractivity contribution in [3.8, 4) is 5.75 Å². The molecule has 0 aliphatic heterocycles. The molecule has 1 atom stereocenters. The van der Waals surface area contributed by atoms with Gasteiger partial charge in [0.05, 0.1) is 4.90 Å². The van der Waals surface area contributed by atoms with Gasteiger partial charge in [-0.1, -0.05) is 30.3 Å². The third-order valence-corrected chi connectivity index (χ3v) is 5.25. The van der Waals surface area contributed by atoms with E-state index in [-0.39, 0.29) is 10.6 Å². The molecule has 4 nitrogen and oxygen atoms in total. The van der Waals surface area contributed by atoms with Gasteiger partial charge in [0, 0.05) is 11.6 Å². The predicted octanol–water partition coefficient (Wildman–Crippen LogP) is 3.94. The number of nitrogens with one attached hydrogen (secondary N) is 1. The first-order chi connectivity index (χ1) is 11.2. The first-order valence-electron chi connectivity index (χ1n) is 7.34. The Morgan fingerprint density at radius 2 is 1.75 bits per heavy atom. The number of aryl methyl sites for hydroxylation is 2. The SMILES string of the molecule is Cc1ccc(C)c(S(=O)(=O)NC(C)c2ccccc2OC(F)F)c1. The number of hydrogen-bond donors (Lipinski definition) is 1. The Hall–Kier alpha value is -1.99. The minimum atomic E-state index is -3.80. The molecule has 1 unspecified atom stereocenters. The second-order valence-electron chi connectivity index (χ2n) is 5.53. The summed E-state index contributed by atoms with van der Waals surface area (Å²) in [5.74, 6) is -0.0522. The van der Waals surface area contributed by atoms with E-state index in [1.54, 1.807) is 51.1 Å². The largest absolute Gasteiger partial charge is 0.434 e. The van der Waals surface area contributed by atoms with Crippen molar-refractivity contribution in [3.05, 3.63) is 59.2 Å². The van der Waals surface area contributed by atoms with E-state index >= 15 is 0 Å². The summed E-state index contributed by atoms with van der Waals surface area (Å²) in [6.07, 6.45) is 0. The summed E-state index contributed by atoms with van der Waals surface area (Å²) in [5.41, 5.74) is 1.76. The molecule has 7 heteroatoms. The molecule has 130 valence electrons. The molecule has 0 spiro atoms. The molecule has 0 aliphatic carbocycles. The topological polar surface area (TPSA) is 55.4 Å². The maximum atomic E-state index is 12.6. The molecule has 1 N–H and O–H groups in total. The molecular weight excluding hydrogens is 336 g/mol. The lowest BCUT2D eigenvalue weighted by atomic mass is 10.1. The molecule has 0 amide bonds. The zero-order chi connectivity index (χ0) is 17.9. The lowest BCUT2D eigenvalue weighted by Gasteiger charge is -2.19. The van der Waals surface area contributed by atoms with E-state index in [1.165, 1.54) is 6.07 Å². The van der Waals surface area contributed by atoms with Gasteiger partial charge < -0.3 is 4.74 Å². The van der Waals surface area contributed by atoms with E-state index in [2.05, 4.69) is 9.46 Å². The average Bonchev–Trinajstić information content (AvgIpc) is 2.49. The summed E-state index contributed by atoms with van der Waals surface area (Å²) in [6, 6.07) is 10.5. The van der Waals surface area contributed by atoms with Crippen LogP contribution in [0.1, 0.15) is 29.7 Å². The maximum absolute atomic E-state index is 12.6. The number of ether oxygens (including phenoxy) is 1. The molecule has 2 rings (SSSR count). The quantitative estimate of drug-likeness (QED) is 0.854. The van der Waals surface area contributed by atoms with Crippen LogP contribution in [-0.4, -0.2) is 15.0 Å². The van der Waals surface area contributed by atoms with Gasteiger partial charge >= 0.3 is 6.61 Å². The van der Waals surface area contributed by atoms with Crippen molar-refractivity contribution in [2.24, 2.45) is 0 Å². The molecule has 2 aromatic rings. The molecular formula is C17H19F2NO3S. The third kappa shape index (κ3) is 4.30. The van der Waals surface area contributed by atoms with Crippen LogP contribution >= 0.6 is 0 Å². The number of alkyl halides is 2. The fraction of sp³-hybridized carbons (Fsp3) is 0.294. The molecule has 0 aromatic heterocycles. The summed E-state index contributed by atoms with van der Waals surface area (Å²) in [4.78, 5) is 0.168. The van der Waals surface area contributed by atoms with Gasteiger partial charge in [0.1, 0.15) is 5.75 Å². The Kier molecular flexibility index (Phi) is 5.56. The van der Waals surface area contributed by atoms with Gasteiger partial charge in [-0.2, -0.15) is 8.78 Å². The highest BCUT2D eigenvalue weighted by molar-refractivity contribution is 7.89. The van der Waals surface area contributed by atoms with Crippen LogP contribution < -0.4 is 9.46 Å². The van der Waals surface area contributed by atoms with Gasteiger partial charge in [0.25, 0.3) is 0 Å². The first-order valence-corrected chi connectivity index (χ1v) is 8.82. The number of sulfonamides is 1. The zero-order valence-electron chi connectivity index (χ0n) is 13.6. The van der Waals surface area contributed by atoms with Crippen LogP contribution in [-0.2, 0) is 10.0 Å². The predicted molar refractivity (Wildman–Crippen MR) is 87.7 cm³/mol. The van der Waals surface area contributed by atoms with Crippen molar-refractivity contribution in [3.63, 3.8) is 0 Å². The molecule has 0 aliphatic rings. The second-order valence-corrected chi connectivity index (χ2v) is 7.21. The van der Waals surface area contributed by atoms with E-state index in [0.29, 0.717) is 11.1 Å². The molecule has 2 aromatic carbocycles. The fourth-order valence-corrected chi connectivity index (χ4v) is 3.95. The number of halogens is 2. The average molecular weight is 355 g/mol. The van der Waals surface area contributed by atoms with E-state index in [0.717, 1.165) is 5.56 Å². The Labute approximate surface area is 140 Å². The van der Waals surface area contributed by atoms with Crippen molar-refractivity contribution in [1.82, 2.24) is 4.72 Å². The van der Waals surface area contributed by atoms with Gasteiger partial charge in [0.15, 0.2) is 0 Å². The van der Waals surface area contributed by atoms with Crippen molar-refractivity contribution in [1.29, 1.82) is 0 Å². The highest BCUT2D eigenvalue weighted by atomic mass is 32.2. The molecule has 0 heterocycles. The zero-order valence-corrected chi connectivity index (χ0v) is 14.4. The van der Waals surface area contributed by atoms with Crippen LogP contribution in [0.2, 0.25) is 0 Å². The number of rotatable bonds is 6. The summed E-state index contributed by atoms with van der Waals surface area (Å²) in [7, 11) is -3.80. The standard InChI is InChI=1S/C17H19F2NO3S/c1-11-8-9-12(2)16(10-11)24(21,22)20-13(3)14-6-4-5-7-15(14)23-17(18)19/h4-10,13,17,20H,1-3H3. The summed E-state index contributed by atoms with van der Waals surface area (Å²) in [6.45, 7) is 2.10. The highest BCUT2D eigenvalue weighted by Crippen LogP contribution is 2.28. The van der Waals surface area contributed by atoms with Crippen LogP contribution in [0.5, 0.6) is 5.75 Å². The van der Waals surface area contributed by atoms with Crippen LogP contribution in [0.25, 0.3) is 0 Å². The summed E-state index contributed by atoms with van der Waals surface area (Å²) in [5, 5.41) is 0. The van der Waals surface area contributed by atoms with Crippen molar-refractivity contribution >= 4 is 10.0 Å². The summed E-state index contributed by atoms with van der Waals surface area (Å²) < 4.78 is 57.2. The van der Waals surface area contributed by atoms with Crippen LogP contribution in [0.3, 0.4) is 0 Å². The molecule has 0 saturated heterocycles. The van der Waals surface area contributed by atoms with Crippen molar-refractivity contribution in [2.45, 2.75) is 38.3 Å². The van der Waals surface area contributed by atoms with Crippen molar-refractivity contribution in [2.75, 3.05) is 0 Å². The van der Waals surface area contributed by atoms with E-state index in [1.807, 2.05) is 6.07 Å². The Morgan fingerprint density at radius 1 is 1.08 bits per heavy atom. The molecule has 0 bridgehead atoms. The maximum Gasteiger partial charge on any atom is 0.387 e. The van der Waals surface area contributed by atoms with Crippen LogP contribution in [0, 0.1) is 13.8 Å². The normalized spacial score (nSPS) is 13.1. The number of benzene rings is 2. The van der Waals surface area contributed by atoms with Gasteiger partial charge in [0.2, 0.25) is 10.0 Å². The number of para-hydroxylation sites is 1. The van der Waals surface area contributed by atoms with Gasteiger partial charge in [-0.25, -0.2) is 13.1 Å². The van der Waals surface area contributed by atoms with Crippen molar-refractivity contribution < 1.29 is 21.9 Å². The molecule has 24 heavy (non-hydrogen) atoms. The lowest BCUT2D eigenvalue weighted by molar-refractivity contribution is -0.0506. The van der Waals surface area contributed by atoms with Gasteiger partial charge in [-0.3, -0.25) is 0 Å². The van der Waals surface area contributed by atoms with Crippen LogP contribution in [0.4, 0.5) is 8.78 Å². The highest BCUT2D eigenvalue weighted by Gasteiger charge is 2.23. The fourth-order valence-electron chi connectivity index (χ4n) is 2.40. The number of hydrogen-bond acceptors (Lipinski definition) is 3. The van der Waals surface area contributed by atoms with Gasteiger partial charge in [-0.05, 0) is 44.0 Å². The van der Waals surface area contributed by atoms with Crippen LogP contribution in [0.15, 0.2) is 47.4 Å².